The van der Waals surface area contributed by atoms with E-state index in [1.54, 1.807) is 11.6 Å². The van der Waals surface area contributed by atoms with Crippen molar-refractivity contribution >= 4 is 23.1 Å². The van der Waals surface area contributed by atoms with Crippen molar-refractivity contribution in [1.82, 2.24) is 20.1 Å². The summed E-state index contributed by atoms with van der Waals surface area (Å²) >= 11 is 1.26. The lowest BCUT2D eigenvalue weighted by atomic mass is 9.93. The van der Waals surface area contributed by atoms with E-state index >= 15 is 0 Å². The van der Waals surface area contributed by atoms with Crippen LogP contribution in [0.5, 0.6) is 0 Å². The molecule has 2 aliphatic rings. The zero-order valence-electron chi connectivity index (χ0n) is 16.3. The van der Waals surface area contributed by atoms with Crippen LogP contribution >= 0.6 is 11.3 Å². The first kappa shape index (κ1) is 20.2. The Morgan fingerprint density at radius 3 is 3.00 bits per heavy atom. The predicted molar refractivity (Wildman–Crippen MR) is 109 cm³/mol. The largest absolute Gasteiger partial charge is 0.370 e. The maximum absolute atomic E-state index is 14.2. The molecule has 0 aliphatic carbocycles. The molecule has 162 valence electrons. The quantitative estimate of drug-likeness (QED) is 0.568. The van der Waals surface area contributed by atoms with Gasteiger partial charge in [0.05, 0.1) is 12.3 Å². The number of nitrogens with one attached hydrogen (secondary N) is 2. The number of anilines is 1. The maximum atomic E-state index is 14.2. The van der Waals surface area contributed by atoms with Crippen molar-refractivity contribution in [2.75, 3.05) is 11.9 Å². The first-order valence-corrected chi connectivity index (χ1v) is 10.7. The third-order valence-electron chi connectivity index (χ3n) is 5.72. The molecule has 4 heterocycles. The van der Waals surface area contributed by atoms with E-state index in [1.165, 1.54) is 11.3 Å². The summed E-state index contributed by atoms with van der Waals surface area (Å²) in [6.07, 6.45) is 1.45. The van der Waals surface area contributed by atoms with Crippen molar-refractivity contribution in [1.29, 1.82) is 0 Å². The molecular weight excluding hydrogens is 426 g/mol. The van der Waals surface area contributed by atoms with E-state index in [2.05, 4.69) is 25.4 Å². The number of rotatable bonds is 4. The van der Waals surface area contributed by atoms with E-state index in [9.17, 15) is 13.6 Å². The fraction of sp³-hybridized carbons (Fsp3) is 0.350. The number of halogens is 2. The van der Waals surface area contributed by atoms with Crippen molar-refractivity contribution in [2.45, 2.75) is 37.7 Å². The van der Waals surface area contributed by atoms with Crippen LogP contribution in [0.1, 0.15) is 39.1 Å². The number of ether oxygens (including phenoxy) is 1. The molecule has 3 atom stereocenters. The second kappa shape index (κ2) is 8.08. The Hall–Kier alpha value is -2.73. The predicted octanol–water partition coefficient (Wildman–Crippen LogP) is 2.57. The minimum atomic E-state index is -0.692. The van der Waals surface area contributed by atoms with Gasteiger partial charge in [-0.05, 0) is 24.6 Å². The highest BCUT2D eigenvalue weighted by Crippen LogP contribution is 2.35. The van der Waals surface area contributed by atoms with Crippen molar-refractivity contribution in [3.05, 3.63) is 63.2 Å². The fourth-order valence-electron chi connectivity index (χ4n) is 4.17. The maximum Gasteiger partial charge on any atom is 0.285 e. The smallest absolute Gasteiger partial charge is 0.285 e. The lowest BCUT2D eigenvalue weighted by Gasteiger charge is -2.38. The van der Waals surface area contributed by atoms with Gasteiger partial charge < -0.3 is 15.8 Å². The zero-order chi connectivity index (χ0) is 21.5. The standard InChI is InChI=1S/C20H20F2N6O2S/c21-10-1-2-14(22)12(5-10)17-15(23)6-11(9-30-17)28-7-13-16(8-28)26-27-18(13)25-19(29)20-24-3-4-31-20/h1-5,11,15,17H,6-9,23H2,(H2,25,26,27,29)/t11-,15+,17-/m1/s1. The molecule has 5 rings (SSSR count). The molecule has 0 spiro atoms. The van der Waals surface area contributed by atoms with E-state index in [0.29, 0.717) is 36.9 Å². The average molecular weight is 446 g/mol. The molecule has 3 aromatic rings. The Morgan fingerprint density at radius 1 is 1.35 bits per heavy atom. The number of carbonyl (C=O) groups is 1. The molecule has 0 radical (unpaired) electrons. The highest BCUT2D eigenvalue weighted by atomic mass is 32.1. The van der Waals surface area contributed by atoms with Gasteiger partial charge >= 0.3 is 0 Å². The number of carbonyl (C=O) groups excluding carboxylic acids is 1. The second-order valence-electron chi connectivity index (χ2n) is 7.70. The van der Waals surface area contributed by atoms with Gasteiger partial charge in [-0.1, -0.05) is 0 Å². The van der Waals surface area contributed by atoms with Gasteiger partial charge in [-0.2, -0.15) is 5.10 Å². The van der Waals surface area contributed by atoms with E-state index < -0.39 is 23.8 Å². The first-order valence-electron chi connectivity index (χ1n) is 9.82. The van der Waals surface area contributed by atoms with Crippen LogP contribution in [0, 0.1) is 11.6 Å². The number of amides is 1. The van der Waals surface area contributed by atoms with Gasteiger partial charge in [0.2, 0.25) is 0 Å². The lowest BCUT2D eigenvalue weighted by Crippen LogP contribution is -2.47. The number of nitrogens with zero attached hydrogens (tertiary/aromatic N) is 3. The molecule has 1 saturated heterocycles. The number of hydrogen-bond acceptors (Lipinski definition) is 7. The van der Waals surface area contributed by atoms with Crippen LogP contribution in [0.15, 0.2) is 29.8 Å². The van der Waals surface area contributed by atoms with Gasteiger partial charge in [-0.25, -0.2) is 13.8 Å². The van der Waals surface area contributed by atoms with Crippen LogP contribution in [-0.4, -0.2) is 44.7 Å². The molecule has 11 heteroatoms. The summed E-state index contributed by atoms with van der Waals surface area (Å²) in [7, 11) is 0. The van der Waals surface area contributed by atoms with Gasteiger partial charge in [0.1, 0.15) is 17.7 Å². The van der Waals surface area contributed by atoms with Gasteiger partial charge in [-0.3, -0.25) is 14.8 Å². The molecule has 8 nitrogen and oxygen atoms in total. The Bertz CT molecular complexity index is 1110. The lowest BCUT2D eigenvalue weighted by molar-refractivity contribution is -0.0532. The molecule has 0 saturated carbocycles. The Balaban J connectivity index is 1.25. The Morgan fingerprint density at radius 2 is 2.23 bits per heavy atom. The zero-order valence-corrected chi connectivity index (χ0v) is 17.2. The number of nitrogens with two attached hydrogens (primary N) is 1. The van der Waals surface area contributed by atoms with E-state index in [4.69, 9.17) is 10.5 Å². The Labute approximate surface area is 180 Å². The van der Waals surface area contributed by atoms with Crippen LogP contribution < -0.4 is 11.1 Å². The van der Waals surface area contributed by atoms with Crippen LogP contribution in [-0.2, 0) is 17.8 Å². The second-order valence-corrected chi connectivity index (χ2v) is 8.59. The van der Waals surface area contributed by atoms with Gasteiger partial charge in [-0.15, -0.1) is 11.3 Å². The number of fused-ring (bicyclic) bond motifs is 1. The molecule has 31 heavy (non-hydrogen) atoms. The first-order chi connectivity index (χ1) is 15.0. The van der Waals surface area contributed by atoms with E-state index in [1.807, 2.05) is 0 Å². The SMILES string of the molecule is N[C@H]1C[C@@H](N2Cc3[nH]nc(NC(=O)c4nccs4)c3C2)CO[C@@H]1c1cc(F)ccc1F. The normalized spacial score (nSPS) is 23.6. The summed E-state index contributed by atoms with van der Waals surface area (Å²) < 4.78 is 33.6. The van der Waals surface area contributed by atoms with Crippen molar-refractivity contribution in [2.24, 2.45) is 5.73 Å². The highest BCUT2D eigenvalue weighted by Gasteiger charge is 2.37. The molecule has 4 N–H and O–H groups in total. The van der Waals surface area contributed by atoms with Gasteiger partial charge in [0.15, 0.2) is 10.8 Å². The van der Waals surface area contributed by atoms with Crippen LogP contribution in [0.3, 0.4) is 0 Å². The Kier molecular flexibility index (Phi) is 5.26. The fourth-order valence-corrected chi connectivity index (χ4v) is 4.70. The molecule has 2 aromatic heterocycles. The summed E-state index contributed by atoms with van der Waals surface area (Å²) in [5.41, 5.74) is 8.27. The third-order valence-corrected chi connectivity index (χ3v) is 6.49. The van der Waals surface area contributed by atoms with E-state index in [-0.39, 0.29) is 17.5 Å². The summed E-state index contributed by atoms with van der Waals surface area (Å²) in [5, 5.41) is 12.1. The monoisotopic (exact) mass is 446 g/mol. The van der Waals surface area contributed by atoms with Crippen LogP contribution in [0.2, 0.25) is 0 Å². The van der Waals surface area contributed by atoms with Crippen LogP contribution in [0.25, 0.3) is 0 Å². The van der Waals surface area contributed by atoms with Gasteiger partial charge in [0.25, 0.3) is 5.91 Å². The minimum absolute atomic E-state index is 0.00573. The van der Waals surface area contributed by atoms with E-state index in [0.717, 1.165) is 29.5 Å². The third kappa shape index (κ3) is 3.85. The molecule has 1 fully saturated rings. The number of benzene rings is 1. The summed E-state index contributed by atoms with van der Waals surface area (Å²) in [6.45, 7) is 1.51. The molecule has 1 amide bonds. The molecule has 2 aliphatic heterocycles. The number of thiazole rings is 1. The average Bonchev–Trinajstić information content (AvgIpc) is 3.48. The summed E-state index contributed by atoms with van der Waals surface area (Å²) in [6, 6.07) is 2.84. The minimum Gasteiger partial charge on any atom is -0.370 e. The van der Waals surface area contributed by atoms with Crippen molar-refractivity contribution < 1.29 is 18.3 Å². The topological polar surface area (TPSA) is 109 Å². The molecular formula is C20H20F2N6O2S. The van der Waals surface area contributed by atoms with Crippen molar-refractivity contribution in [3.63, 3.8) is 0 Å². The number of H-pyrrole nitrogens is 1. The van der Waals surface area contributed by atoms with Crippen LogP contribution in [0.4, 0.5) is 14.6 Å². The number of hydrogen-bond donors (Lipinski definition) is 3. The molecule has 0 unspecified atom stereocenters. The molecule has 0 bridgehead atoms. The van der Waals surface area contributed by atoms with Gasteiger partial charge in [0, 0.05) is 47.9 Å². The molecule has 1 aromatic carbocycles. The number of aromatic nitrogens is 3. The highest BCUT2D eigenvalue weighted by molar-refractivity contribution is 7.11. The summed E-state index contributed by atoms with van der Waals surface area (Å²) in [4.78, 5) is 18.5. The number of aromatic amines is 1. The van der Waals surface area contributed by atoms with Crippen molar-refractivity contribution in [3.8, 4) is 0 Å². The summed E-state index contributed by atoms with van der Waals surface area (Å²) in [5.74, 6) is -0.862.